The second-order valence-corrected chi connectivity index (χ2v) is 3.43. The van der Waals surface area contributed by atoms with Crippen LogP contribution in [0.3, 0.4) is 0 Å². The van der Waals surface area contributed by atoms with Crippen molar-refractivity contribution in [3.63, 3.8) is 0 Å². The summed E-state index contributed by atoms with van der Waals surface area (Å²) in [5.74, 6) is -1.08. The Balaban J connectivity index is 3.05. The van der Waals surface area contributed by atoms with Crippen LogP contribution in [-0.2, 0) is 4.74 Å². The summed E-state index contributed by atoms with van der Waals surface area (Å²) in [5, 5.41) is 9.07. The molecule has 1 aromatic carbocycles. The van der Waals surface area contributed by atoms with Crippen molar-refractivity contribution < 1.29 is 19.4 Å². The molecular weight excluding hydrogens is 234 g/mol. The van der Waals surface area contributed by atoms with E-state index in [0.717, 1.165) is 0 Å². The van der Waals surface area contributed by atoms with Gasteiger partial charge in [-0.05, 0) is 19.1 Å². The second-order valence-electron chi connectivity index (χ2n) is 3.43. The van der Waals surface area contributed by atoms with E-state index in [0.29, 0.717) is 12.2 Å². The largest absolute Gasteiger partial charge is 0.478 e. The number of carbonyl (C=O) groups is 2. The Bertz CT molecular complexity index is 456. The van der Waals surface area contributed by atoms with Crippen molar-refractivity contribution in [1.82, 2.24) is 0 Å². The first-order valence-corrected chi connectivity index (χ1v) is 5.49. The highest BCUT2D eigenvalue weighted by Crippen LogP contribution is 2.21. The summed E-state index contributed by atoms with van der Waals surface area (Å²) in [6.45, 7) is 5.60. The fraction of sp³-hybridized carbons (Fsp3) is 0.231. The standard InChI is InChI=1S/C13H15NO4/c1-3-9-18-13(17)14(4-2)11-8-6-5-7-10(11)12(15)16/h3,5-8H,1,4,9H2,2H3,(H,15,16). The normalized spacial score (nSPS) is 9.61. The fourth-order valence-corrected chi connectivity index (χ4v) is 1.50. The van der Waals surface area contributed by atoms with Gasteiger partial charge in [0.15, 0.2) is 0 Å². The van der Waals surface area contributed by atoms with E-state index in [2.05, 4.69) is 6.58 Å². The topological polar surface area (TPSA) is 66.8 Å². The number of benzene rings is 1. The van der Waals surface area contributed by atoms with Crippen LogP contribution in [0.2, 0.25) is 0 Å². The minimum atomic E-state index is -1.08. The maximum absolute atomic E-state index is 11.8. The van der Waals surface area contributed by atoms with E-state index in [1.807, 2.05) is 0 Å². The maximum atomic E-state index is 11.8. The van der Waals surface area contributed by atoms with Crippen molar-refractivity contribution in [3.05, 3.63) is 42.5 Å². The second kappa shape index (κ2) is 6.44. The third kappa shape index (κ3) is 3.10. The summed E-state index contributed by atoms with van der Waals surface area (Å²) >= 11 is 0. The number of rotatable bonds is 5. The molecule has 0 unspecified atom stereocenters. The van der Waals surface area contributed by atoms with Crippen LogP contribution in [0.4, 0.5) is 10.5 Å². The van der Waals surface area contributed by atoms with Gasteiger partial charge in [0.2, 0.25) is 0 Å². The van der Waals surface area contributed by atoms with Gasteiger partial charge < -0.3 is 9.84 Å². The SMILES string of the molecule is C=CCOC(=O)N(CC)c1ccccc1C(=O)O. The quantitative estimate of drug-likeness (QED) is 0.814. The lowest BCUT2D eigenvalue weighted by molar-refractivity contribution is 0.0697. The third-order valence-corrected chi connectivity index (χ3v) is 2.29. The number of hydrogen-bond donors (Lipinski definition) is 1. The first-order chi connectivity index (χ1) is 8.61. The molecule has 96 valence electrons. The molecule has 5 nitrogen and oxygen atoms in total. The highest BCUT2D eigenvalue weighted by atomic mass is 16.6. The molecular formula is C13H15NO4. The lowest BCUT2D eigenvalue weighted by atomic mass is 10.1. The summed E-state index contributed by atoms with van der Waals surface area (Å²) in [4.78, 5) is 24.1. The van der Waals surface area contributed by atoms with Crippen molar-refractivity contribution in [2.24, 2.45) is 0 Å². The van der Waals surface area contributed by atoms with Crippen LogP contribution in [0.15, 0.2) is 36.9 Å². The zero-order valence-electron chi connectivity index (χ0n) is 10.1. The van der Waals surface area contributed by atoms with Gasteiger partial charge >= 0.3 is 12.1 Å². The van der Waals surface area contributed by atoms with E-state index < -0.39 is 12.1 Å². The summed E-state index contributed by atoms with van der Waals surface area (Å²) in [7, 11) is 0. The number of carboxylic acid groups (broad SMARTS) is 1. The highest BCUT2D eigenvalue weighted by molar-refractivity contribution is 5.99. The number of ether oxygens (including phenoxy) is 1. The monoisotopic (exact) mass is 249 g/mol. The zero-order valence-corrected chi connectivity index (χ0v) is 10.1. The molecule has 0 aliphatic heterocycles. The molecule has 0 saturated carbocycles. The Hall–Kier alpha value is -2.30. The lowest BCUT2D eigenvalue weighted by Crippen LogP contribution is -2.32. The van der Waals surface area contributed by atoms with Gasteiger partial charge in [0.05, 0.1) is 11.3 Å². The Kier molecular flexibility index (Phi) is 4.92. The van der Waals surface area contributed by atoms with Gasteiger partial charge in [-0.25, -0.2) is 9.59 Å². The van der Waals surface area contributed by atoms with Gasteiger partial charge in [0.1, 0.15) is 6.61 Å². The number of hydrogen-bond acceptors (Lipinski definition) is 3. The van der Waals surface area contributed by atoms with Crippen molar-refractivity contribution in [1.29, 1.82) is 0 Å². The van der Waals surface area contributed by atoms with Crippen LogP contribution in [0.5, 0.6) is 0 Å². The molecule has 1 N–H and O–H groups in total. The van der Waals surface area contributed by atoms with E-state index in [-0.39, 0.29) is 12.2 Å². The van der Waals surface area contributed by atoms with Crippen LogP contribution in [-0.4, -0.2) is 30.3 Å². The number of aromatic carboxylic acids is 1. The van der Waals surface area contributed by atoms with Gasteiger partial charge in [0.25, 0.3) is 0 Å². The minimum Gasteiger partial charge on any atom is -0.478 e. The first-order valence-electron chi connectivity index (χ1n) is 5.49. The molecule has 0 aliphatic carbocycles. The van der Waals surface area contributed by atoms with Crippen LogP contribution in [0, 0.1) is 0 Å². The van der Waals surface area contributed by atoms with E-state index in [9.17, 15) is 9.59 Å². The van der Waals surface area contributed by atoms with Crippen molar-refractivity contribution in [2.75, 3.05) is 18.1 Å². The zero-order chi connectivity index (χ0) is 13.5. The smallest absolute Gasteiger partial charge is 0.414 e. The van der Waals surface area contributed by atoms with Crippen molar-refractivity contribution in [3.8, 4) is 0 Å². The number of para-hydroxylation sites is 1. The average molecular weight is 249 g/mol. The predicted molar refractivity (Wildman–Crippen MR) is 68.0 cm³/mol. The van der Waals surface area contributed by atoms with Gasteiger partial charge in [0, 0.05) is 6.54 Å². The summed E-state index contributed by atoms with van der Waals surface area (Å²) in [6.07, 6.45) is 0.862. The maximum Gasteiger partial charge on any atom is 0.414 e. The molecule has 0 aliphatic rings. The van der Waals surface area contributed by atoms with E-state index >= 15 is 0 Å². The van der Waals surface area contributed by atoms with Gasteiger partial charge in [-0.3, -0.25) is 4.90 Å². The highest BCUT2D eigenvalue weighted by Gasteiger charge is 2.20. The molecule has 0 aromatic heterocycles. The number of anilines is 1. The van der Waals surface area contributed by atoms with Crippen molar-refractivity contribution >= 4 is 17.7 Å². The Morgan fingerprint density at radius 1 is 1.44 bits per heavy atom. The molecule has 1 aromatic rings. The fourth-order valence-electron chi connectivity index (χ4n) is 1.50. The molecule has 18 heavy (non-hydrogen) atoms. The van der Waals surface area contributed by atoms with E-state index in [1.54, 1.807) is 25.1 Å². The van der Waals surface area contributed by atoms with Crippen LogP contribution in [0.25, 0.3) is 0 Å². The summed E-state index contributed by atoms with van der Waals surface area (Å²) in [5.41, 5.74) is 0.386. The van der Waals surface area contributed by atoms with Crippen LogP contribution < -0.4 is 4.90 Å². The predicted octanol–water partition coefficient (Wildman–Crippen LogP) is 2.53. The molecule has 0 saturated heterocycles. The molecule has 0 spiro atoms. The Morgan fingerprint density at radius 3 is 2.67 bits per heavy atom. The number of carboxylic acids is 1. The summed E-state index contributed by atoms with van der Waals surface area (Å²) < 4.78 is 4.91. The number of carbonyl (C=O) groups excluding carboxylic acids is 1. The van der Waals surface area contributed by atoms with Crippen LogP contribution in [0.1, 0.15) is 17.3 Å². The molecule has 1 amide bonds. The van der Waals surface area contributed by atoms with E-state index in [4.69, 9.17) is 9.84 Å². The molecule has 0 heterocycles. The van der Waals surface area contributed by atoms with Crippen molar-refractivity contribution in [2.45, 2.75) is 6.92 Å². The third-order valence-electron chi connectivity index (χ3n) is 2.29. The number of nitrogens with zero attached hydrogens (tertiary/aromatic N) is 1. The van der Waals surface area contributed by atoms with Gasteiger partial charge in [-0.2, -0.15) is 0 Å². The number of amides is 1. The van der Waals surface area contributed by atoms with Gasteiger partial charge in [-0.15, -0.1) is 0 Å². The minimum absolute atomic E-state index is 0.0647. The molecule has 0 atom stereocenters. The molecule has 0 radical (unpaired) electrons. The van der Waals surface area contributed by atoms with Crippen LogP contribution >= 0.6 is 0 Å². The molecule has 5 heteroatoms. The van der Waals surface area contributed by atoms with Gasteiger partial charge in [-0.1, -0.05) is 24.8 Å². The Morgan fingerprint density at radius 2 is 2.11 bits per heavy atom. The summed E-state index contributed by atoms with van der Waals surface area (Å²) in [6, 6.07) is 6.30. The van der Waals surface area contributed by atoms with E-state index in [1.165, 1.54) is 17.0 Å². The average Bonchev–Trinajstić information content (AvgIpc) is 2.37. The first kappa shape index (κ1) is 13.8. The Labute approximate surface area is 105 Å². The molecule has 1 rings (SSSR count). The lowest BCUT2D eigenvalue weighted by Gasteiger charge is -2.21. The molecule has 0 bridgehead atoms. The molecule has 0 fully saturated rings.